The smallest absolute Gasteiger partial charge is 0.190 e. The number of rotatable bonds is 10. The monoisotopic (exact) mass is 453 g/mol. The van der Waals surface area contributed by atoms with Gasteiger partial charge in [0, 0.05) is 33.4 Å². The molecule has 0 spiro atoms. The standard InChI is InChI=1S/C18H35N3O2.HI/c1-19-18(20-11-4-9-16-7-2-3-8-16)21-12-6-13-22-15-17-10-5-14-23-17;/h16-17H,2-15H2,1H3,(H2,19,20,21);1H. The number of nitrogens with zero attached hydrogens (tertiary/aromatic N) is 1. The molecule has 5 nitrogen and oxygen atoms in total. The van der Waals surface area contributed by atoms with E-state index in [4.69, 9.17) is 9.47 Å². The van der Waals surface area contributed by atoms with E-state index in [1.165, 1.54) is 44.9 Å². The second-order valence-corrected chi connectivity index (χ2v) is 6.78. The molecule has 0 amide bonds. The SMILES string of the molecule is CN=C(NCCCOCC1CCCO1)NCCCC1CCCC1.I. The molecule has 24 heavy (non-hydrogen) atoms. The van der Waals surface area contributed by atoms with Crippen molar-refractivity contribution in [2.75, 3.05) is 40.0 Å². The topological polar surface area (TPSA) is 54.9 Å². The van der Waals surface area contributed by atoms with Gasteiger partial charge in [0.05, 0.1) is 12.7 Å². The minimum Gasteiger partial charge on any atom is -0.379 e. The molecule has 2 N–H and O–H groups in total. The summed E-state index contributed by atoms with van der Waals surface area (Å²) in [6, 6.07) is 0. The molecule has 0 bridgehead atoms. The molecule has 2 aliphatic rings. The first-order valence-corrected chi connectivity index (χ1v) is 9.52. The molecule has 2 fully saturated rings. The molecule has 6 heteroatoms. The Kier molecular flexibility index (Phi) is 12.9. The van der Waals surface area contributed by atoms with Crippen LogP contribution in [-0.2, 0) is 9.47 Å². The number of ether oxygens (including phenoxy) is 2. The predicted octanol–water partition coefficient (Wildman–Crippen LogP) is 3.33. The Morgan fingerprint density at radius 3 is 2.50 bits per heavy atom. The van der Waals surface area contributed by atoms with Gasteiger partial charge in [-0.1, -0.05) is 25.7 Å². The van der Waals surface area contributed by atoms with E-state index in [-0.39, 0.29) is 24.0 Å². The van der Waals surface area contributed by atoms with Crippen molar-refractivity contribution >= 4 is 29.9 Å². The van der Waals surface area contributed by atoms with Gasteiger partial charge in [-0.25, -0.2) is 0 Å². The second-order valence-electron chi connectivity index (χ2n) is 6.78. The Balaban J connectivity index is 0.00000288. The Hall–Kier alpha value is -0.0800. The molecular formula is C18H36IN3O2. The van der Waals surface area contributed by atoms with Gasteiger partial charge in [0.15, 0.2) is 5.96 Å². The van der Waals surface area contributed by atoms with E-state index < -0.39 is 0 Å². The summed E-state index contributed by atoms with van der Waals surface area (Å²) in [5, 5.41) is 6.76. The summed E-state index contributed by atoms with van der Waals surface area (Å²) in [6.45, 7) is 4.34. The van der Waals surface area contributed by atoms with Crippen molar-refractivity contribution in [3.8, 4) is 0 Å². The van der Waals surface area contributed by atoms with E-state index in [2.05, 4.69) is 15.6 Å². The summed E-state index contributed by atoms with van der Waals surface area (Å²) in [6.07, 6.45) is 12.0. The van der Waals surface area contributed by atoms with Crippen LogP contribution in [-0.4, -0.2) is 52.0 Å². The summed E-state index contributed by atoms with van der Waals surface area (Å²) < 4.78 is 11.2. The molecule has 1 saturated heterocycles. The first-order valence-electron chi connectivity index (χ1n) is 9.52. The van der Waals surface area contributed by atoms with Crippen molar-refractivity contribution in [2.45, 2.75) is 63.9 Å². The summed E-state index contributed by atoms with van der Waals surface area (Å²) in [5.41, 5.74) is 0. The van der Waals surface area contributed by atoms with Crippen LogP contribution in [0.1, 0.15) is 57.8 Å². The van der Waals surface area contributed by atoms with Crippen LogP contribution in [0, 0.1) is 5.92 Å². The lowest BCUT2D eigenvalue weighted by atomic mass is 10.0. The van der Waals surface area contributed by atoms with E-state index in [0.29, 0.717) is 6.10 Å². The van der Waals surface area contributed by atoms with Crippen molar-refractivity contribution in [1.29, 1.82) is 0 Å². The second kappa shape index (κ2) is 14.1. The third-order valence-electron chi connectivity index (χ3n) is 4.87. The number of aliphatic imine (C=N–C) groups is 1. The predicted molar refractivity (Wildman–Crippen MR) is 110 cm³/mol. The Labute approximate surface area is 164 Å². The van der Waals surface area contributed by atoms with Crippen LogP contribution >= 0.6 is 24.0 Å². The van der Waals surface area contributed by atoms with Gasteiger partial charge in [0.1, 0.15) is 0 Å². The third kappa shape index (κ3) is 9.42. The molecule has 1 heterocycles. The van der Waals surface area contributed by atoms with Crippen LogP contribution in [0.4, 0.5) is 0 Å². The van der Waals surface area contributed by atoms with Crippen LogP contribution in [0.25, 0.3) is 0 Å². The molecule has 1 aliphatic carbocycles. The molecule has 1 atom stereocenters. The highest BCUT2D eigenvalue weighted by molar-refractivity contribution is 14.0. The maximum atomic E-state index is 5.66. The Morgan fingerprint density at radius 2 is 1.83 bits per heavy atom. The fraction of sp³-hybridized carbons (Fsp3) is 0.944. The van der Waals surface area contributed by atoms with Crippen molar-refractivity contribution in [3.05, 3.63) is 0 Å². The van der Waals surface area contributed by atoms with Gasteiger partial charge in [-0.3, -0.25) is 4.99 Å². The van der Waals surface area contributed by atoms with Gasteiger partial charge in [0.25, 0.3) is 0 Å². The molecule has 1 aliphatic heterocycles. The quantitative estimate of drug-likeness (QED) is 0.231. The van der Waals surface area contributed by atoms with Gasteiger partial charge in [-0.2, -0.15) is 0 Å². The van der Waals surface area contributed by atoms with Crippen molar-refractivity contribution in [1.82, 2.24) is 10.6 Å². The number of hydrogen-bond donors (Lipinski definition) is 2. The number of hydrogen-bond acceptors (Lipinski definition) is 3. The first kappa shape index (κ1) is 22.0. The van der Waals surface area contributed by atoms with Crippen LogP contribution in [0.5, 0.6) is 0 Å². The third-order valence-corrected chi connectivity index (χ3v) is 4.87. The van der Waals surface area contributed by atoms with Gasteiger partial charge in [0.2, 0.25) is 0 Å². The fourth-order valence-corrected chi connectivity index (χ4v) is 3.49. The van der Waals surface area contributed by atoms with Crippen LogP contribution in [0.15, 0.2) is 4.99 Å². The Morgan fingerprint density at radius 1 is 1.08 bits per heavy atom. The summed E-state index contributed by atoms with van der Waals surface area (Å²) in [5.74, 6) is 1.89. The van der Waals surface area contributed by atoms with Crippen LogP contribution in [0.3, 0.4) is 0 Å². The molecule has 142 valence electrons. The zero-order valence-corrected chi connectivity index (χ0v) is 17.6. The highest BCUT2D eigenvalue weighted by atomic mass is 127. The van der Waals surface area contributed by atoms with Crippen molar-refractivity contribution < 1.29 is 9.47 Å². The van der Waals surface area contributed by atoms with E-state index in [0.717, 1.165) is 57.6 Å². The highest BCUT2D eigenvalue weighted by Crippen LogP contribution is 2.28. The largest absolute Gasteiger partial charge is 0.379 e. The van der Waals surface area contributed by atoms with Crippen LogP contribution in [0.2, 0.25) is 0 Å². The highest BCUT2D eigenvalue weighted by Gasteiger charge is 2.15. The minimum atomic E-state index is 0. The molecule has 2 rings (SSSR count). The van der Waals surface area contributed by atoms with E-state index in [1.807, 2.05) is 7.05 Å². The molecule has 0 aromatic rings. The molecular weight excluding hydrogens is 417 g/mol. The summed E-state index contributed by atoms with van der Waals surface area (Å²) in [7, 11) is 1.83. The van der Waals surface area contributed by atoms with E-state index >= 15 is 0 Å². The number of halogens is 1. The van der Waals surface area contributed by atoms with Crippen LogP contribution < -0.4 is 10.6 Å². The lowest BCUT2D eigenvalue weighted by molar-refractivity contribution is 0.0168. The van der Waals surface area contributed by atoms with E-state index in [9.17, 15) is 0 Å². The number of nitrogens with one attached hydrogen (secondary N) is 2. The zero-order chi connectivity index (χ0) is 16.2. The normalized spacial score (nSPS) is 21.7. The number of guanidine groups is 1. The molecule has 1 saturated carbocycles. The molecule has 0 aromatic heterocycles. The van der Waals surface area contributed by atoms with E-state index in [1.54, 1.807) is 0 Å². The van der Waals surface area contributed by atoms with Gasteiger partial charge in [-0.05, 0) is 38.0 Å². The van der Waals surface area contributed by atoms with Gasteiger partial charge < -0.3 is 20.1 Å². The molecule has 0 radical (unpaired) electrons. The maximum Gasteiger partial charge on any atom is 0.190 e. The zero-order valence-electron chi connectivity index (χ0n) is 15.2. The van der Waals surface area contributed by atoms with Crippen molar-refractivity contribution in [2.24, 2.45) is 10.9 Å². The average Bonchev–Trinajstić information content (AvgIpc) is 3.26. The summed E-state index contributed by atoms with van der Waals surface area (Å²) in [4.78, 5) is 4.27. The fourth-order valence-electron chi connectivity index (χ4n) is 3.49. The summed E-state index contributed by atoms with van der Waals surface area (Å²) >= 11 is 0. The van der Waals surface area contributed by atoms with Gasteiger partial charge in [-0.15, -0.1) is 24.0 Å². The molecule has 0 aromatic carbocycles. The Bertz CT molecular complexity index is 330. The molecule has 1 unspecified atom stereocenters. The van der Waals surface area contributed by atoms with Gasteiger partial charge >= 0.3 is 0 Å². The minimum absolute atomic E-state index is 0. The maximum absolute atomic E-state index is 5.66. The lowest BCUT2D eigenvalue weighted by Gasteiger charge is -2.14. The lowest BCUT2D eigenvalue weighted by Crippen LogP contribution is -2.38. The van der Waals surface area contributed by atoms with Crippen molar-refractivity contribution in [3.63, 3.8) is 0 Å². The average molecular weight is 453 g/mol. The first-order chi connectivity index (χ1) is 11.4.